The van der Waals surface area contributed by atoms with Gasteiger partial charge in [-0.25, -0.2) is 9.89 Å². The first-order valence-electron chi connectivity index (χ1n) is 8.37. The van der Waals surface area contributed by atoms with Crippen LogP contribution >= 0.6 is 12.4 Å². The maximum atomic E-state index is 13.6. The molecule has 1 atom stereocenters. The maximum absolute atomic E-state index is 13.6. The summed E-state index contributed by atoms with van der Waals surface area (Å²) in [5.74, 6) is -2.14. The Balaban J connectivity index is 0.00000300. The van der Waals surface area contributed by atoms with Crippen molar-refractivity contribution in [2.45, 2.75) is 31.2 Å². The highest BCUT2D eigenvalue weighted by Crippen LogP contribution is 2.40. The van der Waals surface area contributed by atoms with Crippen LogP contribution in [0.25, 0.3) is 11.5 Å². The molecule has 1 aromatic carbocycles. The first-order chi connectivity index (χ1) is 13.1. The average Bonchev–Trinajstić information content (AvgIpc) is 3.05. The Hall–Kier alpha value is -2.21. The summed E-state index contributed by atoms with van der Waals surface area (Å²) in [6.45, 7) is 0.701. The summed E-state index contributed by atoms with van der Waals surface area (Å²) in [5.41, 5.74) is -2.08. The molecule has 1 aliphatic heterocycles. The molecule has 2 aromatic rings. The average molecular weight is 447 g/mol. The second-order valence-corrected chi connectivity index (χ2v) is 6.43. The lowest BCUT2D eigenvalue weighted by molar-refractivity contribution is -0.156. The minimum absolute atomic E-state index is 0. The van der Waals surface area contributed by atoms with Crippen LogP contribution in [-0.2, 0) is 6.18 Å². The molecule has 0 bridgehead atoms. The Labute approximate surface area is 166 Å². The topological polar surface area (TPSA) is 83.0 Å². The number of nitrogens with one attached hydrogen (secondary N) is 3. The van der Waals surface area contributed by atoms with Crippen LogP contribution in [0.15, 0.2) is 27.4 Å². The molecule has 1 unspecified atom stereocenters. The lowest BCUT2D eigenvalue weighted by Gasteiger charge is -2.34. The molecule has 1 saturated heterocycles. The molecule has 0 amide bonds. The quantitative estimate of drug-likeness (QED) is 0.622. The molecule has 0 aliphatic carbocycles. The van der Waals surface area contributed by atoms with E-state index in [0.29, 0.717) is 19.2 Å². The summed E-state index contributed by atoms with van der Waals surface area (Å²) in [5, 5.41) is 10.4. The van der Waals surface area contributed by atoms with Gasteiger partial charge in [0.25, 0.3) is 0 Å². The van der Waals surface area contributed by atoms with Gasteiger partial charge >= 0.3 is 18.1 Å². The number of anilines is 1. The van der Waals surface area contributed by atoms with Gasteiger partial charge in [0.2, 0.25) is 5.89 Å². The van der Waals surface area contributed by atoms with E-state index < -0.39 is 41.3 Å². The van der Waals surface area contributed by atoms with E-state index in [4.69, 9.17) is 0 Å². The number of hydrogen-bond donors (Lipinski definition) is 3. The molecule has 0 saturated carbocycles. The third kappa shape index (κ3) is 5.44. The van der Waals surface area contributed by atoms with Gasteiger partial charge in [0.1, 0.15) is 6.04 Å². The van der Waals surface area contributed by atoms with E-state index in [-0.39, 0.29) is 36.7 Å². The van der Waals surface area contributed by atoms with Crippen LogP contribution in [-0.4, -0.2) is 35.5 Å². The van der Waals surface area contributed by atoms with Crippen LogP contribution < -0.4 is 16.4 Å². The zero-order valence-electron chi connectivity index (χ0n) is 14.7. The van der Waals surface area contributed by atoms with Crippen LogP contribution in [0.3, 0.4) is 0 Å². The lowest BCUT2D eigenvalue weighted by atomic mass is 9.89. The van der Waals surface area contributed by atoms with Crippen molar-refractivity contribution in [1.82, 2.24) is 15.5 Å². The predicted octanol–water partition coefficient (Wildman–Crippen LogP) is 3.81. The van der Waals surface area contributed by atoms with Gasteiger partial charge in [-0.1, -0.05) is 0 Å². The number of aromatic amines is 1. The first-order valence-corrected chi connectivity index (χ1v) is 8.37. The van der Waals surface area contributed by atoms with Gasteiger partial charge in [0.15, 0.2) is 0 Å². The summed E-state index contributed by atoms with van der Waals surface area (Å²) in [6.07, 6.45) is -9.28. The largest absolute Gasteiger partial charge is 0.434 e. The van der Waals surface area contributed by atoms with Gasteiger partial charge in [0, 0.05) is 11.3 Å². The van der Waals surface area contributed by atoms with E-state index in [2.05, 4.69) is 20.1 Å². The molecule has 29 heavy (non-hydrogen) atoms. The number of H-pyrrole nitrogens is 1. The molecule has 1 aliphatic rings. The van der Waals surface area contributed by atoms with E-state index in [1.54, 1.807) is 0 Å². The minimum atomic E-state index is -4.88. The highest BCUT2D eigenvalue weighted by atomic mass is 35.5. The van der Waals surface area contributed by atoms with Crippen molar-refractivity contribution in [2.75, 3.05) is 18.4 Å². The number of rotatable bonds is 4. The van der Waals surface area contributed by atoms with Gasteiger partial charge in [-0.05, 0) is 50.0 Å². The summed E-state index contributed by atoms with van der Waals surface area (Å²) in [4.78, 5) is 11.1. The third-order valence-corrected chi connectivity index (χ3v) is 4.53. The summed E-state index contributed by atoms with van der Waals surface area (Å²) >= 11 is 0. The number of alkyl halides is 6. The number of hydrogen-bond acceptors (Lipinski definition) is 5. The Morgan fingerprint density at radius 1 is 1.14 bits per heavy atom. The normalized spacial score (nSPS) is 16.9. The SMILES string of the molecule is Cl.O=c1[nH]nc(-c2ccc(C(F)(F)F)c(NC(C3CCNCC3)C(F)(F)F)c2)o1. The van der Waals surface area contributed by atoms with Gasteiger partial charge in [-0.2, -0.15) is 26.3 Å². The Morgan fingerprint density at radius 3 is 2.31 bits per heavy atom. The number of benzene rings is 1. The van der Waals surface area contributed by atoms with Crippen molar-refractivity contribution in [3.05, 3.63) is 34.3 Å². The Kier molecular flexibility index (Phi) is 6.89. The maximum Gasteiger partial charge on any atom is 0.434 e. The zero-order valence-corrected chi connectivity index (χ0v) is 15.5. The van der Waals surface area contributed by atoms with E-state index in [1.807, 2.05) is 5.10 Å². The number of aromatic nitrogens is 2. The van der Waals surface area contributed by atoms with Crippen LogP contribution in [0.5, 0.6) is 0 Å². The van der Waals surface area contributed by atoms with Gasteiger partial charge in [0.05, 0.1) is 5.56 Å². The van der Waals surface area contributed by atoms with Gasteiger partial charge in [-0.15, -0.1) is 17.5 Å². The third-order valence-electron chi connectivity index (χ3n) is 4.53. The molecule has 0 radical (unpaired) electrons. The molecule has 0 spiro atoms. The fraction of sp³-hybridized carbons (Fsp3) is 0.500. The van der Waals surface area contributed by atoms with E-state index >= 15 is 0 Å². The molecule has 3 rings (SSSR count). The summed E-state index contributed by atoms with van der Waals surface area (Å²) in [6, 6.07) is 0.293. The Morgan fingerprint density at radius 2 is 1.79 bits per heavy atom. The van der Waals surface area contributed by atoms with Gasteiger partial charge < -0.3 is 15.1 Å². The van der Waals surface area contributed by atoms with Crippen molar-refractivity contribution < 1.29 is 30.8 Å². The smallest absolute Gasteiger partial charge is 0.388 e. The molecule has 2 heterocycles. The highest BCUT2D eigenvalue weighted by molar-refractivity contribution is 5.85. The van der Waals surface area contributed by atoms with Crippen molar-refractivity contribution in [1.29, 1.82) is 0 Å². The molecule has 1 fully saturated rings. The number of nitrogens with zero attached hydrogens (tertiary/aromatic N) is 1. The Bertz CT molecular complexity index is 873. The zero-order chi connectivity index (χ0) is 20.5. The standard InChI is InChI=1S/C16H16F6N4O2.ClH/c17-15(18,19)10-2-1-9(13-25-26-14(27)28-13)7-11(10)24-12(16(20,21)22)8-3-5-23-6-4-8;/h1-2,7-8,12,23-24H,3-6H2,(H,26,27);1H. The fourth-order valence-electron chi connectivity index (χ4n) is 3.21. The molecule has 3 N–H and O–H groups in total. The van der Waals surface area contributed by atoms with Crippen molar-refractivity contribution in [3.8, 4) is 11.5 Å². The van der Waals surface area contributed by atoms with Gasteiger partial charge in [-0.3, -0.25) is 0 Å². The molecule has 162 valence electrons. The summed E-state index contributed by atoms with van der Waals surface area (Å²) in [7, 11) is 0. The first kappa shape index (κ1) is 23.1. The van der Waals surface area contributed by atoms with Crippen molar-refractivity contribution in [3.63, 3.8) is 0 Å². The second kappa shape index (κ2) is 8.66. The predicted molar refractivity (Wildman–Crippen MR) is 93.9 cm³/mol. The fourth-order valence-corrected chi connectivity index (χ4v) is 3.21. The number of piperidine rings is 1. The van der Waals surface area contributed by atoms with Crippen LogP contribution in [0, 0.1) is 5.92 Å². The molecule has 13 heteroatoms. The molecule has 6 nitrogen and oxygen atoms in total. The second-order valence-electron chi connectivity index (χ2n) is 6.43. The van der Waals surface area contributed by atoms with Crippen molar-refractivity contribution in [2.24, 2.45) is 5.92 Å². The van der Waals surface area contributed by atoms with Crippen LogP contribution in [0.1, 0.15) is 18.4 Å². The molecule has 1 aromatic heterocycles. The van der Waals surface area contributed by atoms with Crippen LogP contribution in [0.2, 0.25) is 0 Å². The monoisotopic (exact) mass is 446 g/mol. The molecular weight excluding hydrogens is 430 g/mol. The highest BCUT2D eigenvalue weighted by Gasteiger charge is 2.46. The van der Waals surface area contributed by atoms with E-state index in [1.165, 1.54) is 0 Å². The lowest BCUT2D eigenvalue weighted by Crippen LogP contribution is -2.46. The van der Waals surface area contributed by atoms with Crippen LogP contribution in [0.4, 0.5) is 32.0 Å². The van der Waals surface area contributed by atoms with Crippen molar-refractivity contribution >= 4 is 18.1 Å². The van der Waals surface area contributed by atoms with E-state index in [0.717, 1.165) is 12.1 Å². The summed E-state index contributed by atoms with van der Waals surface area (Å²) < 4.78 is 85.5. The number of halogens is 7. The minimum Gasteiger partial charge on any atom is -0.388 e. The van der Waals surface area contributed by atoms with E-state index in [9.17, 15) is 31.1 Å². The molecular formula is C16H17ClF6N4O2.